The predicted molar refractivity (Wildman–Crippen MR) is 93.3 cm³/mol. The minimum atomic E-state index is 0.604. The predicted octanol–water partition coefficient (Wildman–Crippen LogP) is 4.18. The van der Waals surface area contributed by atoms with Crippen LogP contribution in [0.1, 0.15) is 25.3 Å². The second-order valence-corrected chi connectivity index (χ2v) is 5.74. The van der Waals surface area contributed by atoms with Crippen molar-refractivity contribution in [3.8, 4) is 11.4 Å². The van der Waals surface area contributed by atoms with Gasteiger partial charge in [0.15, 0.2) is 4.64 Å². The molecule has 4 nitrogen and oxygen atoms in total. The molecule has 0 aliphatic carbocycles. The fraction of sp³-hybridized carbons (Fsp3) is 0.294. The van der Waals surface area contributed by atoms with Crippen LogP contribution in [-0.4, -0.2) is 21.5 Å². The lowest BCUT2D eigenvalue weighted by Gasteiger charge is -2.05. The highest BCUT2D eigenvalue weighted by molar-refractivity contribution is 7.71. The summed E-state index contributed by atoms with van der Waals surface area (Å²) in [6.07, 6.45) is 4.40. The quantitative estimate of drug-likeness (QED) is 0.473. The van der Waals surface area contributed by atoms with E-state index in [1.807, 2.05) is 36.5 Å². The largest absolute Gasteiger partial charge is 0.357 e. The van der Waals surface area contributed by atoms with Gasteiger partial charge in [0.25, 0.3) is 0 Å². The van der Waals surface area contributed by atoms with Crippen LogP contribution in [0.25, 0.3) is 22.4 Å². The van der Waals surface area contributed by atoms with Gasteiger partial charge in [-0.05, 0) is 13.0 Å². The van der Waals surface area contributed by atoms with Crippen molar-refractivity contribution in [2.24, 2.45) is 0 Å². The molecule has 0 atom stereocenters. The Morgan fingerprint density at radius 1 is 1.18 bits per heavy atom. The van der Waals surface area contributed by atoms with Gasteiger partial charge in [-0.25, -0.2) is 4.98 Å². The average molecular weight is 312 g/mol. The fourth-order valence-electron chi connectivity index (χ4n) is 2.48. The number of fused-ring (bicyclic) bond motifs is 1. The second-order valence-electron chi connectivity index (χ2n) is 5.35. The van der Waals surface area contributed by atoms with Gasteiger partial charge < -0.3 is 15.3 Å². The zero-order valence-corrected chi connectivity index (χ0v) is 13.5. The topological polar surface area (TPSA) is 56.5 Å². The molecule has 0 saturated heterocycles. The van der Waals surface area contributed by atoms with Crippen LogP contribution in [0.3, 0.4) is 0 Å². The number of nitrogens with zero attached hydrogens (tertiary/aromatic N) is 1. The van der Waals surface area contributed by atoms with Gasteiger partial charge in [-0.15, -0.1) is 0 Å². The lowest BCUT2D eigenvalue weighted by Crippen LogP contribution is -2.14. The Bertz CT molecular complexity index is 804. The minimum absolute atomic E-state index is 0.604. The molecular formula is C17H20N4S. The average Bonchev–Trinajstić information content (AvgIpc) is 2.96. The molecule has 0 bridgehead atoms. The maximum Gasteiger partial charge on any atom is 0.154 e. The Morgan fingerprint density at radius 2 is 2.00 bits per heavy atom. The van der Waals surface area contributed by atoms with E-state index >= 15 is 0 Å². The molecule has 3 rings (SSSR count). The summed E-state index contributed by atoms with van der Waals surface area (Å²) in [4.78, 5) is 11.2. The number of hydrogen-bond donors (Lipinski definition) is 3. The van der Waals surface area contributed by atoms with Crippen LogP contribution >= 0.6 is 12.2 Å². The van der Waals surface area contributed by atoms with Crippen LogP contribution in [0.15, 0.2) is 36.5 Å². The molecule has 5 heteroatoms. The summed E-state index contributed by atoms with van der Waals surface area (Å²) in [7, 11) is 0. The van der Waals surface area contributed by atoms with Gasteiger partial charge >= 0.3 is 0 Å². The molecule has 2 aromatic heterocycles. The first kappa shape index (κ1) is 14.9. The van der Waals surface area contributed by atoms with E-state index in [1.165, 1.54) is 18.4 Å². The zero-order valence-electron chi connectivity index (χ0n) is 12.6. The first-order valence-corrected chi connectivity index (χ1v) is 8.07. The second kappa shape index (κ2) is 6.85. The molecule has 0 spiro atoms. The highest BCUT2D eigenvalue weighted by Crippen LogP contribution is 2.21. The Balaban J connectivity index is 1.95. The smallest absolute Gasteiger partial charge is 0.154 e. The number of nitrogens with one attached hydrogen (secondary N) is 3. The number of aromatic nitrogens is 3. The highest BCUT2D eigenvalue weighted by atomic mass is 32.1. The molecule has 0 fully saturated rings. The van der Waals surface area contributed by atoms with Gasteiger partial charge in [0.05, 0.1) is 11.0 Å². The lowest BCUT2D eigenvalue weighted by molar-refractivity contribution is 0.643. The van der Waals surface area contributed by atoms with Gasteiger partial charge in [-0.3, -0.25) is 0 Å². The van der Waals surface area contributed by atoms with Crippen LogP contribution < -0.4 is 5.32 Å². The molecule has 0 aliphatic rings. The van der Waals surface area contributed by atoms with E-state index in [1.54, 1.807) is 0 Å². The summed E-state index contributed by atoms with van der Waals surface area (Å²) in [5.41, 5.74) is 4.18. The minimum Gasteiger partial charge on any atom is -0.357 e. The summed E-state index contributed by atoms with van der Waals surface area (Å²) in [5, 5.41) is 3.47. The summed E-state index contributed by atoms with van der Waals surface area (Å²) < 4.78 is 0.604. The summed E-state index contributed by atoms with van der Waals surface area (Å²) in [6, 6.07) is 10.1. The molecule has 3 N–H and O–H groups in total. The first-order valence-electron chi connectivity index (χ1n) is 7.66. The van der Waals surface area contributed by atoms with E-state index < -0.39 is 0 Å². The Hall–Kier alpha value is -1.98. The van der Waals surface area contributed by atoms with E-state index in [9.17, 15) is 0 Å². The number of rotatable bonds is 6. The van der Waals surface area contributed by atoms with E-state index in [2.05, 4.69) is 27.2 Å². The van der Waals surface area contributed by atoms with Gasteiger partial charge in [-0.1, -0.05) is 55.9 Å². The van der Waals surface area contributed by atoms with Crippen LogP contribution in [0, 0.1) is 4.64 Å². The van der Waals surface area contributed by atoms with Gasteiger partial charge in [0.2, 0.25) is 0 Å². The summed E-state index contributed by atoms with van der Waals surface area (Å²) in [5.74, 6) is 0.813. The van der Waals surface area contributed by atoms with Crippen LogP contribution in [0.5, 0.6) is 0 Å². The van der Waals surface area contributed by atoms with Crippen LogP contribution in [-0.2, 0) is 6.54 Å². The SMILES string of the molecule is CCCCNCc1c[nH]c2c(=S)nc(-c3ccccc3)[nH]c12. The first-order chi connectivity index (χ1) is 10.8. The van der Waals surface area contributed by atoms with E-state index in [-0.39, 0.29) is 0 Å². The Labute approximate surface area is 135 Å². The molecule has 0 aliphatic heterocycles. The molecule has 1 aromatic carbocycles. The van der Waals surface area contributed by atoms with Crippen molar-refractivity contribution in [1.29, 1.82) is 0 Å². The third kappa shape index (κ3) is 3.10. The number of benzene rings is 1. The third-order valence-corrected chi connectivity index (χ3v) is 4.00. The molecule has 2 heterocycles. The van der Waals surface area contributed by atoms with Crippen molar-refractivity contribution in [2.75, 3.05) is 6.54 Å². The van der Waals surface area contributed by atoms with Crippen LogP contribution in [0.2, 0.25) is 0 Å². The summed E-state index contributed by atoms with van der Waals surface area (Å²) in [6.45, 7) is 4.05. The Kier molecular flexibility index (Phi) is 4.65. The molecule has 0 unspecified atom stereocenters. The van der Waals surface area contributed by atoms with Crippen molar-refractivity contribution in [1.82, 2.24) is 20.3 Å². The Morgan fingerprint density at radius 3 is 2.77 bits per heavy atom. The number of hydrogen-bond acceptors (Lipinski definition) is 3. The third-order valence-electron chi connectivity index (χ3n) is 3.70. The molecule has 0 amide bonds. The molecule has 3 aromatic rings. The van der Waals surface area contributed by atoms with Crippen LogP contribution in [0.4, 0.5) is 0 Å². The molecule has 114 valence electrons. The molecular weight excluding hydrogens is 292 g/mol. The molecule has 0 radical (unpaired) electrons. The standard InChI is InChI=1S/C17H20N4S/c1-2-3-9-18-10-13-11-19-15-14(13)20-16(21-17(15)22)12-7-5-4-6-8-12/h4-8,11,18-19H,2-3,9-10H2,1H3,(H,20,21,22). The van der Waals surface area contributed by atoms with Crippen molar-refractivity contribution in [3.05, 3.63) is 46.7 Å². The maximum absolute atomic E-state index is 5.43. The van der Waals surface area contributed by atoms with Gasteiger partial charge in [0.1, 0.15) is 5.82 Å². The van der Waals surface area contributed by atoms with Gasteiger partial charge in [0, 0.05) is 23.9 Å². The number of H-pyrrole nitrogens is 2. The summed E-state index contributed by atoms with van der Waals surface area (Å²) >= 11 is 5.43. The monoisotopic (exact) mass is 312 g/mol. The van der Waals surface area contributed by atoms with Gasteiger partial charge in [-0.2, -0.15) is 0 Å². The lowest BCUT2D eigenvalue weighted by atomic mass is 10.2. The highest BCUT2D eigenvalue weighted by Gasteiger charge is 2.09. The number of aromatic amines is 2. The fourth-order valence-corrected chi connectivity index (χ4v) is 2.73. The van der Waals surface area contributed by atoms with E-state index in [0.717, 1.165) is 35.5 Å². The normalized spacial score (nSPS) is 11.1. The molecule has 22 heavy (non-hydrogen) atoms. The van der Waals surface area contributed by atoms with Crippen molar-refractivity contribution >= 4 is 23.3 Å². The van der Waals surface area contributed by atoms with Crippen molar-refractivity contribution < 1.29 is 0 Å². The van der Waals surface area contributed by atoms with Crippen molar-refractivity contribution in [2.45, 2.75) is 26.3 Å². The van der Waals surface area contributed by atoms with Crippen molar-refractivity contribution in [3.63, 3.8) is 0 Å². The zero-order chi connectivity index (χ0) is 15.4. The number of unbranched alkanes of at least 4 members (excludes halogenated alkanes) is 1. The maximum atomic E-state index is 5.43. The van der Waals surface area contributed by atoms with E-state index in [0.29, 0.717) is 4.64 Å². The van der Waals surface area contributed by atoms with E-state index in [4.69, 9.17) is 12.2 Å². The molecule has 0 saturated carbocycles.